The molecule has 1 amide bonds. The summed E-state index contributed by atoms with van der Waals surface area (Å²) in [5.74, 6) is 0.0655. The monoisotopic (exact) mass is 496 g/mol. The van der Waals surface area contributed by atoms with Gasteiger partial charge in [0.25, 0.3) is 5.91 Å². The lowest BCUT2D eigenvalue weighted by Gasteiger charge is -2.37. The Balaban J connectivity index is 1.24. The molecule has 2 fully saturated rings. The summed E-state index contributed by atoms with van der Waals surface area (Å²) in [6.07, 6.45) is 6.34. The Bertz CT molecular complexity index is 1540. The van der Waals surface area contributed by atoms with Gasteiger partial charge in [0.1, 0.15) is 11.5 Å². The number of halogens is 1. The summed E-state index contributed by atoms with van der Waals surface area (Å²) in [4.78, 5) is 22.5. The molecule has 2 aliphatic heterocycles. The highest BCUT2D eigenvalue weighted by Crippen LogP contribution is 2.43. The van der Waals surface area contributed by atoms with Gasteiger partial charge in [0, 0.05) is 43.3 Å². The topological polar surface area (TPSA) is 61.1 Å². The number of aliphatic hydroxyl groups excluding tert-OH is 1. The van der Waals surface area contributed by atoms with Crippen LogP contribution in [0.4, 0.5) is 10.1 Å². The van der Waals surface area contributed by atoms with Gasteiger partial charge in [-0.1, -0.05) is 24.3 Å². The van der Waals surface area contributed by atoms with Crippen molar-refractivity contribution in [3.05, 3.63) is 89.0 Å². The predicted molar refractivity (Wildman–Crippen MR) is 140 cm³/mol. The molecule has 4 aromatic rings. The summed E-state index contributed by atoms with van der Waals surface area (Å²) in [6, 6.07) is 15.5. The van der Waals surface area contributed by atoms with Crippen molar-refractivity contribution in [3.8, 4) is 11.3 Å². The van der Waals surface area contributed by atoms with Crippen LogP contribution in [0.25, 0.3) is 16.9 Å². The number of aromatic nitrogens is 2. The van der Waals surface area contributed by atoms with Gasteiger partial charge in [-0.05, 0) is 73.1 Å². The van der Waals surface area contributed by atoms with Crippen molar-refractivity contribution in [2.45, 2.75) is 44.2 Å². The maximum Gasteiger partial charge on any atom is 0.255 e. The van der Waals surface area contributed by atoms with Gasteiger partial charge in [-0.2, -0.15) is 0 Å². The molecule has 0 radical (unpaired) electrons. The van der Waals surface area contributed by atoms with Crippen molar-refractivity contribution in [3.63, 3.8) is 0 Å². The number of benzene rings is 2. The Labute approximate surface area is 215 Å². The Morgan fingerprint density at radius 1 is 1.05 bits per heavy atom. The van der Waals surface area contributed by atoms with Crippen LogP contribution in [0.3, 0.4) is 0 Å². The fourth-order valence-corrected chi connectivity index (χ4v) is 5.86. The molecular formula is C30H29FN4O2. The molecule has 0 unspecified atom stereocenters. The molecule has 1 saturated heterocycles. The van der Waals surface area contributed by atoms with E-state index in [4.69, 9.17) is 4.98 Å². The van der Waals surface area contributed by atoms with Crippen LogP contribution in [-0.2, 0) is 6.42 Å². The average molecular weight is 497 g/mol. The van der Waals surface area contributed by atoms with E-state index < -0.39 is 0 Å². The molecule has 0 bridgehead atoms. The van der Waals surface area contributed by atoms with E-state index in [0.717, 1.165) is 36.2 Å². The van der Waals surface area contributed by atoms with Gasteiger partial charge in [0.15, 0.2) is 0 Å². The number of carbonyl (C=O) groups is 1. The number of amides is 1. The lowest BCUT2D eigenvalue weighted by Crippen LogP contribution is -2.50. The first kappa shape index (κ1) is 22.5. The minimum Gasteiger partial charge on any atom is -0.389 e. The second-order valence-corrected chi connectivity index (χ2v) is 10.7. The van der Waals surface area contributed by atoms with Crippen molar-refractivity contribution in [2.75, 3.05) is 24.5 Å². The third-order valence-electron chi connectivity index (χ3n) is 8.16. The van der Waals surface area contributed by atoms with Crippen molar-refractivity contribution >= 4 is 17.2 Å². The number of fused-ring (bicyclic) bond motifs is 2. The summed E-state index contributed by atoms with van der Waals surface area (Å²) in [5, 5.41) is 9.57. The molecule has 6 nitrogen and oxygen atoms in total. The molecule has 0 spiro atoms. The van der Waals surface area contributed by atoms with Gasteiger partial charge in [0.05, 0.1) is 23.4 Å². The highest BCUT2D eigenvalue weighted by Gasteiger charge is 2.32. The zero-order chi connectivity index (χ0) is 25.3. The van der Waals surface area contributed by atoms with Crippen LogP contribution in [0, 0.1) is 5.82 Å². The number of rotatable bonds is 4. The first-order chi connectivity index (χ1) is 18.0. The molecular weight excluding hydrogens is 467 g/mol. The summed E-state index contributed by atoms with van der Waals surface area (Å²) >= 11 is 0. The minimum absolute atomic E-state index is 0.0102. The summed E-state index contributed by atoms with van der Waals surface area (Å²) in [5.41, 5.74) is 6.78. The van der Waals surface area contributed by atoms with Gasteiger partial charge in [0.2, 0.25) is 0 Å². The first-order valence-electron chi connectivity index (χ1n) is 13.1. The van der Waals surface area contributed by atoms with Crippen molar-refractivity contribution in [1.29, 1.82) is 0 Å². The van der Waals surface area contributed by atoms with Crippen LogP contribution in [0.15, 0.2) is 60.9 Å². The van der Waals surface area contributed by atoms with E-state index in [9.17, 15) is 9.90 Å². The Morgan fingerprint density at radius 3 is 2.62 bits per heavy atom. The molecule has 7 rings (SSSR count). The molecule has 37 heavy (non-hydrogen) atoms. The molecule has 7 heteroatoms. The summed E-state index contributed by atoms with van der Waals surface area (Å²) < 4.78 is 17.1. The number of carbonyl (C=O) groups excluding carboxylic acids is 1. The standard InChI is InChI=1S/C30H29FN4O2/c1-18-24-5-3-2-4-19(24)10-11-35(18)30(37)21-12-26(20-6-7-20)29-32-28(17-34(29)14-21)25-9-8-22(13-27(25)31)33-15-23(36)16-33/h2-5,8-9,12-14,17-18,20,23,36H,6-7,10-11,15-16H2,1H3/t18-/m1/s1. The van der Waals surface area contributed by atoms with E-state index in [1.54, 1.807) is 6.07 Å². The molecule has 2 aromatic heterocycles. The van der Waals surface area contributed by atoms with E-state index in [0.29, 0.717) is 42.4 Å². The van der Waals surface area contributed by atoms with Gasteiger partial charge >= 0.3 is 0 Å². The highest BCUT2D eigenvalue weighted by molar-refractivity contribution is 5.95. The number of imidazole rings is 1. The molecule has 1 saturated carbocycles. The zero-order valence-electron chi connectivity index (χ0n) is 20.8. The van der Waals surface area contributed by atoms with Crippen molar-refractivity contribution in [2.24, 2.45) is 0 Å². The van der Waals surface area contributed by atoms with Crippen LogP contribution in [0.5, 0.6) is 0 Å². The Hall–Kier alpha value is -3.71. The second-order valence-electron chi connectivity index (χ2n) is 10.7. The molecule has 1 N–H and O–H groups in total. The lowest BCUT2D eigenvalue weighted by atomic mass is 9.93. The van der Waals surface area contributed by atoms with Crippen LogP contribution in [0.2, 0.25) is 0 Å². The van der Waals surface area contributed by atoms with Crippen LogP contribution in [0.1, 0.15) is 58.8 Å². The number of hydrogen-bond donors (Lipinski definition) is 1. The first-order valence-corrected chi connectivity index (χ1v) is 13.1. The third kappa shape index (κ3) is 3.80. The van der Waals surface area contributed by atoms with Crippen molar-refractivity contribution < 1.29 is 14.3 Å². The quantitative estimate of drug-likeness (QED) is 0.434. The summed E-state index contributed by atoms with van der Waals surface area (Å²) in [6.45, 7) is 3.83. The number of nitrogens with zero attached hydrogens (tertiary/aromatic N) is 4. The Morgan fingerprint density at radius 2 is 1.86 bits per heavy atom. The van der Waals surface area contributed by atoms with Crippen LogP contribution >= 0.6 is 0 Å². The van der Waals surface area contributed by atoms with Gasteiger partial charge in [-0.25, -0.2) is 9.37 Å². The number of anilines is 1. The van der Waals surface area contributed by atoms with Gasteiger partial charge < -0.3 is 19.3 Å². The molecule has 1 atom stereocenters. The minimum atomic E-state index is -0.346. The van der Waals surface area contributed by atoms with E-state index in [1.165, 1.54) is 17.2 Å². The predicted octanol–water partition coefficient (Wildman–Crippen LogP) is 4.96. The SMILES string of the molecule is C[C@@H]1c2ccccc2CCN1C(=O)c1cc(C2CC2)c2nc(-c3ccc(N4CC(O)C4)cc3F)cn2c1. The zero-order valence-corrected chi connectivity index (χ0v) is 20.8. The molecule has 188 valence electrons. The largest absolute Gasteiger partial charge is 0.389 e. The van der Waals surface area contributed by atoms with E-state index in [1.807, 2.05) is 44.8 Å². The second kappa shape index (κ2) is 8.42. The normalized spacial score (nSPS) is 19.7. The lowest BCUT2D eigenvalue weighted by molar-refractivity contribution is 0.0677. The van der Waals surface area contributed by atoms with Crippen molar-refractivity contribution in [1.82, 2.24) is 14.3 Å². The fourth-order valence-electron chi connectivity index (χ4n) is 5.86. The maximum absolute atomic E-state index is 15.2. The van der Waals surface area contributed by atoms with E-state index >= 15 is 4.39 Å². The average Bonchev–Trinajstić information content (AvgIpc) is 3.64. The fraction of sp³-hybridized carbons (Fsp3) is 0.333. The number of pyridine rings is 1. The molecule has 4 heterocycles. The van der Waals surface area contributed by atoms with Gasteiger partial charge in [-0.15, -0.1) is 0 Å². The number of β-amino-alcohol motifs (C(OH)–C–C–N with tert-alkyl or cyclic N) is 1. The Kier molecular flexibility index (Phi) is 5.11. The highest BCUT2D eigenvalue weighted by atomic mass is 19.1. The smallest absolute Gasteiger partial charge is 0.255 e. The molecule has 1 aliphatic carbocycles. The van der Waals surface area contributed by atoms with Crippen LogP contribution < -0.4 is 4.90 Å². The third-order valence-corrected chi connectivity index (χ3v) is 8.16. The number of aliphatic hydroxyl groups is 1. The molecule has 3 aliphatic rings. The number of hydrogen-bond acceptors (Lipinski definition) is 4. The van der Waals surface area contributed by atoms with Gasteiger partial charge in [-0.3, -0.25) is 4.79 Å². The van der Waals surface area contributed by atoms with E-state index in [2.05, 4.69) is 25.1 Å². The maximum atomic E-state index is 15.2. The molecule has 2 aromatic carbocycles. The summed E-state index contributed by atoms with van der Waals surface area (Å²) in [7, 11) is 0. The van der Waals surface area contributed by atoms with Crippen LogP contribution in [-0.4, -0.2) is 51.0 Å². The van der Waals surface area contributed by atoms with E-state index in [-0.39, 0.29) is 23.9 Å².